The van der Waals surface area contributed by atoms with Crippen molar-refractivity contribution >= 4 is 51.2 Å². The summed E-state index contributed by atoms with van der Waals surface area (Å²) in [5, 5.41) is 0.392. The summed E-state index contributed by atoms with van der Waals surface area (Å²) in [6.07, 6.45) is 0. The lowest BCUT2D eigenvalue weighted by Crippen LogP contribution is -2.24. The van der Waals surface area contributed by atoms with Crippen molar-refractivity contribution in [3.8, 4) is 11.4 Å². The smallest absolute Gasteiger partial charge is 0.319 e. The molecule has 0 saturated carbocycles. The summed E-state index contributed by atoms with van der Waals surface area (Å²) in [6, 6.07) is 12.7. The van der Waals surface area contributed by atoms with Gasteiger partial charge in [-0.3, -0.25) is 14.2 Å². The molecule has 0 aliphatic heterocycles. The van der Waals surface area contributed by atoms with Crippen molar-refractivity contribution in [2.24, 2.45) is 0 Å². The second kappa shape index (κ2) is 8.95. The number of thioether (sulfide) groups is 1. The summed E-state index contributed by atoms with van der Waals surface area (Å²) in [7, 11) is 1.55. The minimum absolute atomic E-state index is 0.216. The third-order valence-electron chi connectivity index (χ3n) is 4.03. The standard InChI is InChI=1S/C20H19IN2O4S/c1-4-27-19(25)12(2)28-20-22-15-10-9-13(21)11-14(15)18(24)23(20)16-7-5-6-8-17(16)26-3/h5-12H,4H2,1-3H3/t12-/m1/s1. The van der Waals surface area contributed by atoms with E-state index in [2.05, 4.69) is 27.6 Å². The number of nitrogens with zero attached hydrogens (tertiary/aromatic N) is 2. The number of esters is 1. The normalized spacial score (nSPS) is 12.0. The highest BCUT2D eigenvalue weighted by Gasteiger charge is 2.22. The molecular weight excluding hydrogens is 491 g/mol. The number of methoxy groups -OCH3 is 1. The molecule has 3 aromatic rings. The number of benzene rings is 2. The van der Waals surface area contributed by atoms with Crippen LogP contribution < -0.4 is 10.3 Å². The van der Waals surface area contributed by atoms with E-state index in [-0.39, 0.29) is 11.5 Å². The van der Waals surface area contributed by atoms with Crippen LogP contribution in [0.15, 0.2) is 52.4 Å². The van der Waals surface area contributed by atoms with Gasteiger partial charge in [-0.15, -0.1) is 0 Å². The van der Waals surface area contributed by atoms with Crippen molar-refractivity contribution in [2.45, 2.75) is 24.3 Å². The molecule has 1 atom stereocenters. The molecule has 3 rings (SSSR count). The third kappa shape index (κ3) is 4.17. The molecule has 0 fully saturated rings. The number of para-hydroxylation sites is 2. The van der Waals surface area contributed by atoms with Crippen LogP contribution in [-0.2, 0) is 9.53 Å². The Morgan fingerprint density at radius 1 is 1.29 bits per heavy atom. The van der Waals surface area contributed by atoms with Gasteiger partial charge in [0.05, 0.1) is 30.3 Å². The van der Waals surface area contributed by atoms with Crippen molar-refractivity contribution in [1.82, 2.24) is 9.55 Å². The van der Waals surface area contributed by atoms with Crippen molar-refractivity contribution in [1.29, 1.82) is 0 Å². The van der Waals surface area contributed by atoms with E-state index in [0.29, 0.717) is 34.1 Å². The number of halogens is 1. The number of hydrogen-bond donors (Lipinski definition) is 0. The van der Waals surface area contributed by atoms with Gasteiger partial charge in [0.25, 0.3) is 5.56 Å². The van der Waals surface area contributed by atoms with Gasteiger partial charge in [0, 0.05) is 3.57 Å². The Kier molecular flexibility index (Phi) is 6.61. The summed E-state index contributed by atoms with van der Waals surface area (Å²) in [5.41, 5.74) is 0.934. The fraction of sp³-hybridized carbons (Fsp3) is 0.250. The van der Waals surface area contributed by atoms with Gasteiger partial charge in [0.15, 0.2) is 5.16 Å². The maximum absolute atomic E-state index is 13.4. The minimum Gasteiger partial charge on any atom is -0.495 e. The molecule has 6 nitrogen and oxygen atoms in total. The highest BCUT2D eigenvalue weighted by atomic mass is 127. The van der Waals surface area contributed by atoms with E-state index in [1.54, 1.807) is 39.2 Å². The zero-order valence-electron chi connectivity index (χ0n) is 15.6. The molecule has 0 saturated heterocycles. The van der Waals surface area contributed by atoms with Crippen LogP contribution in [0.3, 0.4) is 0 Å². The van der Waals surface area contributed by atoms with Crippen LogP contribution in [0.4, 0.5) is 0 Å². The second-order valence-corrected chi connectivity index (χ2v) is 8.43. The molecule has 1 aromatic heterocycles. The van der Waals surface area contributed by atoms with E-state index in [0.717, 1.165) is 3.57 Å². The fourth-order valence-corrected chi connectivity index (χ4v) is 4.12. The molecule has 0 bridgehead atoms. The highest BCUT2D eigenvalue weighted by Crippen LogP contribution is 2.29. The van der Waals surface area contributed by atoms with E-state index in [1.165, 1.54) is 16.3 Å². The Hall–Kier alpha value is -2.07. The minimum atomic E-state index is -0.519. The molecule has 0 aliphatic carbocycles. The van der Waals surface area contributed by atoms with Crippen LogP contribution in [0.2, 0.25) is 0 Å². The SMILES string of the molecule is CCOC(=O)[C@@H](C)Sc1nc2ccc(I)cc2c(=O)n1-c1ccccc1OC. The number of carbonyl (C=O) groups excluding carboxylic acids is 1. The van der Waals surface area contributed by atoms with Gasteiger partial charge >= 0.3 is 5.97 Å². The summed E-state index contributed by atoms with van der Waals surface area (Å²) >= 11 is 3.35. The van der Waals surface area contributed by atoms with Crippen LogP contribution in [0, 0.1) is 3.57 Å². The highest BCUT2D eigenvalue weighted by molar-refractivity contribution is 14.1. The zero-order valence-corrected chi connectivity index (χ0v) is 18.6. The van der Waals surface area contributed by atoms with Gasteiger partial charge in [-0.25, -0.2) is 4.98 Å². The third-order valence-corrected chi connectivity index (χ3v) is 5.73. The van der Waals surface area contributed by atoms with Gasteiger partial charge in [0.1, 0.15) is 11.0 Å². The topological polar surface area (TPSA) is 70.4 Å². The first-order chi connectivity index (χ1) is 13.5. The average molecular weight is 510 g/mol. The molecule has 0 spiro atoms. The molecule has 0 unspecified atom stereocenters. The van der Waals surface area contributed by atoms with Gasteiger partial charge < -0.3 is 9.47 Å². The number of aromatic nitrogens is 2. The molecule has 0 amide bonds. The summed E-state index contributed by atoms with van der Waals surface area (Å²) in [4.78, 5) is 30.2. The van der Waals surface area contributed by atoms with Crippen LogP contribution in [0.5, 0.6) is 5.75 Å². The van der Waals surface area contributed by atoms with Crippen LogP contribution in [-0.4, -0.2) is 34.5 Å². The maximum Gasteiger partial charge on any atom is 0.319 e. The quantitative estimate of drug-likeness (QED) is 0.216. The lowest BCUT2D eigenvalue weighted by Gasteiger charge is -2.17. The molecule has 0 N–H and O–H groups in total. The van der Waals surface area contributed by atoms with Crippen molar-refractivity contribution < 1.29 is 14.3 Å². The predicted octanol–water partition coefficient (Wildman–Crippen LogP) is 4.04. The maximum atomic E-state index is 13.4. The fourth-order valence-electron chi connectivity index (χ4n) is 2.71. The molecule has 0 aliphatic rings. The largest absolute Gasteiger partial charge is 0.495 e. The average Bonchev–Trinajstić information content (AvgIpc) is 2.69. The molecule has 0 radical (unpaired) electrons. The molecular formula is C20H19IN2O4S. The molecule has 146 valence electrons. The Morgan fingerprint density at radius 2 is 2.04 bits per heavy atom. The first kappa shape index (κ1) is 20.7. The Morgan fingerprint density at radius 3 is 2.75 bits per heavy atom. The first-order valence-electron chi connectivity index (χ1n) is 8.65. The summed E-state index contributed by atoms with van der Waals surface area (Å²) in [5.74, 6) is 0.193. The first-order valence-corrected chi connectivity index (χ1v) is 10.6. The number of carbonyl (C=O) groups is 1. The number of ether oxygens (including phenoxy) is 2. The molecule has 1 heterocycles. The Labute approximate surface area is 180 Å². The summed E-state index contributed by atoms with van der Waals surface area (Å²) in [6.45, 7) is 3.79. The lowest BCUT2D eigenvalue weighted by molar-refractivity contribution is -0.142. The van der Waals surface area contributed by atoms with Crippen LogP contribution in [0.25, 0.3) is 16.6 Å². The van der Waals surface area contributed by atoms with Gasteiger partial charge in [-0.1, -0.05) is 23.9 Å². The van der Waals surface area contributed by atoms with Crippen molar-refractivity contribution in [3.63, 3.8) is 0 Å². The van der Waals surface area contributed by atoms with E-state index in [1.807, 2.05) is 24.3 Å². The second-order valence-electron chi connectivity index (χ2n) is 5.88. The Balaban J connectivity index is 2.25. The monoisotopic (exact) mass is 510 g/mol. The van der Waals surface area contributed by atoms with Gasteiger partial charge in [-0.05, 0) is 66.8 Å². The lowest BCUT2D eigenvalue weighted by atomic mass is 10.2. The van der Waals surface area contributed by atoms with E-state index < -0.39 is 5.25 Å². The van der Waals surface area contributed by atoms with Crippen molar-refractivity contribution in [3.05, 3.63) is 56.4 Å². The number of hydrogen-bond acceptors (Lipinski definition) is 6. The van der Waals surface area contributed by atoms with Crippen LogP contribution in [0.1, 0.15) is 13.8 Å². The zero-order chi connectivity index (χ0) is 20.3. The molecule has 8 heteroatoms. The number of rotatable bonds is 6. The summed E-state index contributed by atoms with van der Waals surface area (Å²) < 4.78 is 13.0. The Bertz CT molecular complexity index is 1080. The van der Waals surface area contributed by atoms with E-state index in [9.17, 15) is 9.59 Å². The van der Waals surface area contributed by atoms with E-state index in [4.69, 9.17) is 9.47 Å². The van der Waals surface area contributed by atoms with Gasteiger partial charge in [0.2, 0.25) is 0 Å². The molecule has 28 heavy (non-hydrogen) atoms. The van der Waals surface area contributed by atoms with Crippen molar-refractivity contribution in [2.75, 3.05) is 13.7 Å². The number of fused-ring (bicyclic) bond motifs is 1. The van der Waals surface area contributed by atoms with Gasteiger partial charge in [-0.2, -0.15) is 0 Å². The molecule has 2 aromatic carbocycles. The predicted molar refractivity (Wildman–Crippen MR) is 119 cm³/mol. The van der Waals surface area contributed by atoms with Crippen LogP contribution >= 0.6 is 34.4 Å². The van der Waals surface area contributed by atoms with E-state index >= 15 is 0 Å².